The molecule has 14 heteroatoms. The van der Waals surface area contributed by atoms with Crippen molar-refractivity contribution < 1.29 is 48.0 Å². The van der Waals surface area contributed by atoms with Crippen LogP contribution in [0, 0.1) is 17.2 Å². The van der Waals surface area contributed by atoms with Crippen LogP contribution in [-0.4, -0.2) is 85.2 Å². The summed E-state index contributed by atoms with van der Waals surface area (Å²) in [6.07, 6.45) is -1.11. The van der Waals surface area contributed by atoms with Gasteiger partial charge < -0.3 is 34.3 Å². The van der Waals surface area contributed by atoms with E-state index in [0.29, 0.717) is 10.0 Å². The van der Waals surface area contributed by atoms with E-state index >= 15 is 0 Å². The number of aliphatic hydroxyl groups excluding tert-OH is 1. The molecule has 0 aliphatic carbocycles. The Hall–Kier alpha value is -3.96. The lowest BCUT2D eigenvalue weighted by molar-refractivity contribution is -0.147. The molecule has 220 valence electrons. The smallest absolute Gasteiger partial charge is 0.340 e. The Bertz CT molecular complexity index is 1260. The SMILES string of the molecule is CCOC(=O)C1=C(NCC(=O)[C@@H]2C[C@@H](O)CN2C(=O)CCOC=O)Oc2ccc(Br)cc2C1C(C#N)C(=O)OCC. The summed E-state index contributed by atoms with van der Waals surface area (Å²) >= 11 is 3.36. The van der Waals surface area contributed by atoms with E-state index in [1.54, 1.807) is 32.0 Å². The number of β-amino-alcohol motifs (C(OH)–C–C–N with tert-alkyl or cyclic N) is 1. The molecule has 4 atom stereocenters. The van der Waals surface area contributed by atoms with Gasteiger partial charge in [0.25, 0.3) is 6.47 Å². The van der Waals surface area contributed by atoms with Crippen molar-refractivity contribution in [2.45, 2.75) is 44.8 Å². The lowest BCUT2D eigenvalue weighted by atomic mass is 9.79. The predicted octanol–water partition coefficient (Wildman–Crippen LogP) is 1.09. The highest BCUT2D eigenvalue weighted by molar-refractivity contribution is 9.10. The number of benzene rings is 1. The number of hydrogen-bond acceptors (Lipinski definition) is 12. The minimum absolute atomic E-state index is 0.00731. The number of fused-ring (bicyclic) bond motifs is 1. The van der Waals surface area contributed by atoms with Crippen LogP contribution in [0.5, 0.6) is 5.75 Å². The number of hydrogen-bond donors (Lipinski definition) is 2. The number of carbonyl (C=O) groups excluding carboxylic acids is 5. The Labute approximate surface area is 244 Å². The summed E-state index contributed by atoms with van der Waals surface area (Å²) in [6.45, 7) is 2.70. The summed E-state index contributed by atoms with van der Waals surface area (Å²) in [6, 6.07) is 5.80. The molecule has 1 aromatic carbocycles. The van der Waals surface area contributed by atoms with Gasteiger partial charge in [0.1, 0.15) is 11.3 Å². The predicted molar refractivity (Wildman–Crippen MR) is 143 cm³/mol. The van der Waals surface area contributed by atoms with Crippen molar-refractivity contribution in [1.82, 2.24) is 10.2 Å². The van der Waals surface area contributed by atoms with E-state index in [-0.39, 0.29) is 62.9 Å². The number of ether oxygens (including phenoxy) is 4. The first-order valence-corrected chi connectivity index (χ1v) is 13.7. The monoisotopic (exact) mass is 635 g/mol. The largest absolute Gasteiger partial charge is 0.467 e. The summed E-state index contributed by atoms with van der Waals surface area (Å²) < 4.78 is 21.5. The standard InChI is InChI=1S/C27H30BrN3O10/c1-3-39-26(36)18(11-29)23-17-9-15(28)5-6-21(17)41-25(24(23)27(37)40-4-2)30-12-20(34)19-10-16(33)13-31(19)22(35)7-8-38-14-32/h5-6,9,14,16,18-19,23,30,33H,3-4,7-8,10,12-13H2,1-2H3/t16-,18?,19+,23?/m1/s1. The number of nitriles is 1. The Morgan fingerprint density at radius 1 is 1.27 bits per heavy atom. The van der Waals surface area contributed by atoms with E-state index in [1.807, 2.05) is 6.07 Å². The highest BCUT2D eigenvalue weighted by atomic mass is 79.9. The molecule has 0 saturated carbocycles. The molecule has 2 aliphatic heterocycles. The van der Waals surface area contributed by atoms with Gasteiger partial charge in [-0.2, -0.15) is 5.26 Å². The number of nitrogens with zero attached hydrogens (tertiary/aromatic N) is 2. The molecule has 0 bridgehead atoms. The van der Waals surface area contributed by atoms with E-state index in [4.69, 9.17) is 14.2 Å². The zero-order valence-electron chi connectivity index (χ0n) is 22.5. The third-order valence-corrected chi connectivity index (χ3v) is 6.97. The fourth-order valence-electron chi connectivity index (χ4n) is 4.74. The van der Waals surface area contributed by atoms with Crippen molar-refractivity contribution in [3.8, 4) is 11.8 Å². The first kappa shape index (κ1) is 31.6. The quantitative estimate of drug-likeness (QED) is 0.136. The van der Waals surface area contributed by atoms with Gasteiger partial charge in [-0.1, -0.05) is 15.9 Å². The first-order chi connectivity index (χ1) is 19.7. The van der Waals surface area contributed by atoms with Crippen LogP contribution in [0.2, 0.25) is 0 Å². The average molecular weight is 636 g/mol. The molecule has 0 aromatic heterocycles. The second kappa shape index (κ2) is 14.6. The summed E-state index contributed by atoms with van der Waals surface area (Å²) in [5.41, 5.74) is 0.169. The molecule has 1 aromatic rings. The van der Waals surface area contributed by atoms with Crippen LogP contribution in [0.3, 0.4) is 0 Å². The Balaban J connectivity index is 1.96. The molecular formula is C27H30BrN3O10. The van der Waals surface area contributed by atoms with Crippen molar-refractivity contribution in [2.24, 2.45) is 5.92 Å². The Kier molecular flexibility index (Phi) is 11.2. The van der Waals surface area contributed by atoms with E-state index in [0.717, 1.165) is 0 Å². The van der Waals surface area contributed by atoms with Gasteiger partial charge in [0.15, 0.2) is 11.7 Å². The van der Waals surface area contributed by atoms with Crippen LogP contribution in [0.1, 0.15) is 38.2 Å². The molecule has 1 saturated heterocycles. The van der Waals surface area contributed by atoms with Crippen LogP contribution < -0.4 is 10.1 Å². The van der Waals surface area contributed by atoms with E-state index in [1.165, 1.54) is 4.90 Å². The highest BCUT2D eigenvalue weighted by Gasteiger charge is 2.44. The summed E-state index contributed by atoms with van der Waals surface area (Å²) in [5.74, 6) is -5.28. The van der Waals surface area contributed by atoms with Crippen LogP contribution in [0.4, 0.5) is 0 Å². The molecule has 1 amide bonds. The molecule has 2 aliphatic rings. The molecule has 0 radical (unpaired) electrons. The van der Waals surface area contributed by atoms with Crippen LogP contribution in [-0.2, 0) is 38.2 Å². The lowest BCUT2D eigenvalue weighted by Gasteiger charge is -2.32. The molecule has 13 nitrogen and oxygen atoms in total. The average Bonchev–Trinajstić information content (AvgIpc) is 3.34. The fraction of sp³-hybridized carbons (Fsp3) is 0.481. The molecule has 2 heterocycles. The second-order valence-corrected chi connectivity index (χ2v) is 9.99. The van der Waals surface area contributed by atoms with Crippen molar-refractivity contribution >= 4 is 46.0 Å². The number of likely N-dealkylation sites (tertiary alicyclic amines) is 1. The zero-order valence-corrected chi connectivity index (χ0v) is 24.0. The number of amides is 1. The number of aliphatic hydroxyl groups is 1. The van der Waals surface area contributed by atoms with Crippen molar-refractivity contribution in [2.75, 3.05) is 32.9 Å². The number of nitrogens with one attached hydrogen (secondary N) is 1. The normalized spacial score (nSPS) is 20.2. The lowest BCUT2D eigenvalue weighted by Crippen LogP contribution is -2.45. The number of halogens is 1. The molecule has 1 fully saturated rings. The molecular weight excluding hydrogens is 606 g/mol. The van der Waals surface area contributed by atoms with Gasteiger partial charge >= 0.3 is 11.9 Å². The van der Waals surface area contributed by atoms with Crippen molar-refractivity contribution in [3.63, 3.8) is 0 Å². The van der Waals surface area contributed by atoms with Gasteiger partial charge in [-0.25, -0.2) is 4.79 Å². The number of ketones is 1. The highest BCUT2D eigenvalue weighted by Crippen LogP contribution is 2.44. The number of Topliss-reactive ketones (excluding diaryl/α,β-unsaturated/α-hetero) is 1. The summed E-state index contributed by atoms with van der Waals surface area (Å²) in [7, 11) is 0. The Morgan fingerprint density at radius 2 is 2.00 bits per heavy atom. The van der Waals surface area contributed by atoms with Crippen molar-refractivity contribution in [1.29, 1.82) is 5.26 Å². The topological polar surface area (TPSA) is 182 Å². The molecule has 3 rings (SSSR count). The van der Waals surface area contributed by atoms with Gasteiger partial charge in [-0.15, -0.1) is 0 Å². The van der Waals surface area contributed by atoms with E-state index in [2.05, 4.69) is 26.0 Å². The third kappa shape index (κ3) is 7.42. The van der Waals surface area contributed by atoms with E-state index in [9.17, 15) is 34.3 Å². The van der Waals surface area contributed by atoms with Crippen LogP contribution >= 0.6 is 15.9 Å². The third-order valence-electron chi connectivity index (χ3n) is 6.48. The maximum Gasteiger partial charge on any atom is 0.340 e. The van der Waals surface area contributed by atoms with Gasteiger partial charge in [0.05, 0.1) is 56.9 Å². The van der Waals surface area contributed by atoms with Gasteiger partial charge in [-0.3, -0.25) is 19.2 Å². The van der Waals surface area contributed by atoms with Gasteiger partial charge in [-0.05, 0) is 32.0 Å². The number of esters is 2. The number of rotatable bonds is 13. The maximum atomic E-state index is 13.3. The molecule has 41 heavy (non-hydrogen) atoms. The molecule has 0 spiro atoms. The van der Waals surface area contributed by atoms with Crippen LogP contribution in [0.25, 0.3) is 0 Å². The maximum absolute atomic E-state index is 13.3. The minimum atomic E-state index is -1.45. The van der Waals surface area contributed by atoms with Crippen LogP contribution in [0.15, 0.2) is 34.1 Å². The minimum Gasteiger partial charge on any atom is -0.467 e. The van der Waals surface area contributed by atoms with Gasteiger partial charge in [0.2, 0.25) is 11.8 Å². The summed E-state index contributed by atoms with van der Waals surface area (Å²) in [5, 5.41) is 22.9. The Morgan fingerprint density at radius 3 is 2.66 bits per heavy atom. The first-order valence-electron chi connectivity index (χ1n) is 12.9. The molecule has 2 N–H and O–H groups in total. The van der Waals surface area contributed by atoms with E-state index < -0.39 is 54.2 Å². The number of carbonyl (C=O) groups is 5. The summed E-state index contributed by atoms with van der Waals surface area (Å²) in [4.78, 5) is 63.5. The fourth-order valence-corrected chi connectivity index (χ4v) is 5.12. The van der Waals surface area contributed by atoms with Crippen molar-refractivity contribution in [3.05, 3.63) is 39.7 Å². The second-order valence-electron chi connectivity index (χ2n) is 9.07. The molecule has 2 unspecified atom stereocenters. The zero-order chi connectivity index (χ0) is 30.1. The van der Waals surface area contributed by atoms with Gasteiger partial charge in [0, 0.05) is 23.0 Å².